The summed E-state index contributed by atoms with van der Waals surface area (Å²) in [7, 11) is 0. The van der Waals surface area contributed by atoms with Gasteiger partial charge < -0.3 is 9.88 Å². The van der Waals surface area contributed by atoms with Gasteiger partial charge in [0.2, 0.25) is 11.9 Å². The number of amides is 1. The van der Waals surface area contributed by atoms with Gasteiger partial charge >= 0.3 is 0 Å². The van der Waals surface area contributed by atoms with Gasteiger partial charge in [0.15, 0.2) is 5.82 Å². The molecule has 3 rings (SSSR count). The monoisotopic (exact) mass is 286 g/mol. The van der Waals surface area contributed by atoms with Gasteiger partial charge in [0.1, 0.15) is 6.54 Å². The van der Waals surface area contributed by atoms with Crippen LogP contribution in [-0.2, 0) is 11.3 Å². The van der Waals surface area contributed by atoms with Crippen LogP contribution in [0.2, 0.25) is 0 Å². The Morgan fingerprint density at radius 3 is 2.95 bits per heavy atom. The lowest BCUT2D eigenvalue weighted by Crippen LogP contribution is -2.18. The predicted octanol–water partition coefficient (Wildman–Crippen LogP) is 1.24. The molecule has 0 aromatic carbocycles. The van der Waals surface area contributed by atoms with Crippen LogP contribution < -0.4 is 5.32 Å². The molecule has 7 nitrogen and oxygen atoms in total. The number of pyridine rings is 1. The van der Waals surface area contributed by atoms with Crippen LogP contribution in [0, 0.1) is 5.95 Å². The number of carbonyl (C=O) groups excluding carboxylic acids is 1. The molecule has 0 unspecified atom stereocenters. The zero-order valence-corrected chi connectivity index (χ0v) is 10.8. The first-order chi connectivity index (χ1) is 10.2. The number of nitrogens with one attached hydrogen (secondary N) is 1. The summed E-state index contributed by atoms with van der Waals surface area (Å²) in [5.41, 5.74) is 0.526. The maximum absolute atomic E-state index is 13.1. The highest BCUT2D eigenvalue weighted by molar-refractivity contribution is 5.89. The van der Waals surface area contributed by atoms with E-state index in [0.717, 1.165) is 0 Å². The first-order valence-corrected chi connectivity index (χ1v) is 6.14. The predicted molar refractivity (Wildman–Crippen MR) is 72.2 cm³/mol. The minimum atomic E-state index is -0.589. The Kier molecular flexibility index (Phi) is 3.42. The highest BCUT2D eigenvalue weighted by Crippen LogP contribution is 2.10. The normalized spacial score (nSPS) is 10.5. The van der Waals surface area contributed by atoms with Gasteiger partial charge in [0, 0.05) is 36.9 Å². The van der Waals surface area contributed by atoms with Crippen molar-refractivity contribution < 1.29 is 9.18 Å². The van der Waals surface area contributed by atoms with E-state index in [0.29, 0.717) is 11.5 Å². The van der Waals surface area contributed by atoms with Gasteiger partial charge in [-0.3, -0.25) is 4.79 Å². The highest BCUT2D eigenvalue weighted by atomic mass is 19.1. The van der Waals surface area contributed by atoms with Gasteiger partial charge in [-0.25, -0.2) is 14.6 Å². The van der Waals surface area contributed by atoms with E-state index in [2.05, 4.69) is 20.4 Å². The summed E-state index contributed by atoms with van der Waals surface area (Å²) in [6.45, 7) is 0.150. The summed E-state index contributed by atoms with van der Waals surface area (Å²) in [4.78, 5) is 19.1. The Morgan fingerprint density at radius 2 is 2.19 bits per heavy atom. The van der Waals surface area contributed by atoms with Crippen LogP contribution in [-0.4, -0.2) is 30.2 Å². The largest absolute Gasteiger partial charge is 0.328 e. The summed E-state index contributed by atoms with van der Waals surface area (Å²) < 4.78 is 16.2. The number of aromatic nitrogens is 5. The Labute approximate surface area is 119 Å². The zero-order valence-electron chi connectivity index (χ0n) is 10.8. The third-order valence-electron chi connectivity index (χ3n) is 2.72. The smallest absolute Gasteiger partial charge is 0.245 e. The minimum Gasteiger partial charge on any atom is -0.328 e. The number of halogens is 1. The second kappa shape index (κ2) is 5.53. The number of imidazole rings is 1. The number of nitrogens with zero attached hydrogens (tertiary/aromatic N) is 5. The van der Waals surface area contributed by atoms with Crippen molar-refractivity contribution in [1.82, 2.24) is 24.3 Å². The molecule has 0 atom stereocenters. The first kappa shape index (κ1) is 13.0. The summed E-state index contributed by atoms with van der Waals surface area (Å²) in [6, 6.07) is 4.50. The quantitative estimate of drug-likeness (QED) is 0.732. The molecule has 3 aromatic rings. The number of hydrogen-bond donors (Lipinski definition) is 1. The van der Waals surface area contributed by atoms with E-state index >= 15 is 0 Å². The topological polar surface area (TPSA) is 77.6 Å². The molecule has 3 heterocycles. The average molecular weight is 286 g/mol. The standard InChI is InChI=1S/C13H11FN6O/c14-11-7-10(1-3-16-11)20-5-2-12(18-20)17-13(21)8-19-6-4-15-9-19/h1-7,9H,8H2,(H,17,18,21). The van der Waals surface area contributed by atoms with E-state index in [-0.39, 0.29) is 12.5 Å². The molecule has 0 bridgehead atoms. The van der Waals surface area contributed by atoms with Crippen molar-refractivity contribution in [2.45, 2.75) is 6.54 Å². The van der Waals surface area contributed by atoms with E-state index in [1.54, 1.807) is 41.6 Å². The number of anilines is 1. The maximum atomic E-state index is 13.1. The van der Waals surface area contributed by atoms with E-state index in [1.807, 2.05) is 0 Å². The Bertz CT molecular complexity index is 752. The van der Waals surface area contributed by atoms with Gasteiger partial charge in [0.05, 0.1) is 12.0 Å². The molecule has 106 valence electrons. The van der Waals surface area contributed by atoms with Gasteiger partial charge in [-0.05, 0) is 6.07 Å². The van der Waals surface area contributed by atoms with Gasteiger partial charge in [-0.1, -0.05) is 0 Å². The number of rotatable bonds is 4. The lowest BCUT2D eigenvalue weighted by Gasteiger charge is -2.03. The van der Waals surface area contributed by atoms with Gasteiger partial charge in [-0.15, -0.1) is 0 Å². The number of carbonyl (C=O) groups is 1. The SMILES string of the molecule is O=C(Cn1ccnc1)Nc1ccn(-c2ccnc(F)c2)n1. The molecule has 8 heteroatoms. The summed E-state index contributed by atoms with van der Waals surface area (Å²) in [6.07, 6.45) is 7.82. The lowest BCUT2D eigenvalue weighted by atomic mass is 10.4. The molecule has 1 N–H and O–H groups in total. The lowest BCUT2D eigenvalue weighted by molar-refractivity contribution is -0.116. The van der Waals surface area contributed by atoms with Crippen molar-refractivity contribution >= 4 is 11.7 Å². The van der Waals surface area contributed by atoms with Crippen LogP contribution in [0.5, 0.6) is 0 Å². The third kappa shape index (κ3) is 3.11. The van der Waals surface area contributed by atoms with Crippen molar-refractivity contribution in [2.75, 3.05) is 5.32 Å². The average Bonchev–Trinajstić information content (AvgIpc) is 3.10. The molecular formula is C13H11FN6O. The van der Waals surface area contributed by atoms with Gasteiger partial charge in [-0.2, -0.15) is 9.49 Å². The van der Waals surface area contributed by atoms with Crippen LogP contribution in [0.3, 0.4) is 0 Å². The molecule has 1 amide bonds. The zero-order chi connectivity index (χ0) is 14.7. The summed E-state index contributed by atoms with van der Waals surface area (Å²) in [5, 5.41) is 6.81. The van der Waals surface area contributed by atoms with Gasteiger partial charge in [0.25, 0.3) is 0 Å². The Hall–Kier alpha value is -3.03. The van der Waals surface area contributed by atoms with Crippen LogP contribution >= 0.6 is 0 Å². The van der Waals surface area contributed by atoms with Crippen molar-refractivity contribution in [3.05, 3.63) is 55.3 Å². The molecular weight excluding hydrogens is 275 g/mol. The molecule has 0 saturated heterocycles. The molecule has 0 aliphatic rings. The summed E-state index contributed by atoms with van der Waals surface area (Å²) >= 11 is 0. The second-order valence-electron chi connectivity index (χ2n) is 4.27. The van der Waals surface area contributed by atoms with E-state index in [9.17, 15) is 9.18 Å². The summed E-state index contributed by atoms with van der Waals surface area (Å²) in [5.74, 6) is -0.426. The van der Waals surface area contributed by atoms with Crippen molar-refractivity contribution in [1.29, 1.82) is 0 Å². The first-order valence-electron chi connectivity index (χ1n) is 6.14. The fourth-order valence-electron chi connectivity index (χ4n) is 1.80. The third-order valence-corrected chi connectivity index (χ3v) is 2.72. The van der Waals surface area contributed by atoms with Crippen molar-refractivity contribution in [3.8, 4) is 5.69 Å². The Morgan fingerprint density at radius 1 is 1.29 bits per heavy atom. The fourth-order valence-corrected chi connectivity index (χ4v) is 1.80. The maximum Gasteiger partial charge on any atom is 0.245 e. The van der Waals surface area contributed by atoms with E-state index < -0.39 is 5.95 Å². The van der Waals surface area contributed by atoms with Crippen LogP contribution in [0.25, 0.3) is 5.69 Å². The highest BCUT2D eigenvalue weighted by Gasteiger charge is 2.07. The minimum absolute atomic E-state index is 0.150. The molecule has 0 aliphatic heterocycles. The second-order valence-corrected chi connectivity index (χ2v) is 4.27. The molecule has 0 aliphatic carbocycles. The molecule has 3 aromatic heterocycles. The van der Waals surface area contributed by atoms with Crippen molar-refractivity contribution in [2.24, 2.45) is 0 Å². The van der Waals surface area contributed by atoms with E-state index in [1.165, 1.54) is 16.9 Å². The van der Waals surface area contributed by atoms with Crippen LogP contribution in [0.4, 0.5) is 10.2 Å². The van der Waals surface area contributed by atoms with E-state index in [4.69, 9.17) is 0 Å². The van der Waals surface area contributed by atoms with Crippen molar-refractivity contribution in [3.63, 3.8) is 0 Å². The molecule has 0 spiro atoms. The molecule has 21 heavy (non-hydrogen) atoms. The molecule has 0 saturated carbocycles. The van der Waals surface area contributed by atoms with Crippen LogP contribution in [0.15, 0.2) is 49.3 Å². The molecule has 0 fully saturated rings. The number of hydrogen-bond acceptors (Lipinski definition) is 4. The Balaban J connectivity index is 1.69. The molecule has 0 radical (unpaired) electrons. The fraction of sp³-hybridized carbons (Fsp3) is 0.0769. The van der Waals surface area contributed by atoms with Crippen LogP contribution in [0.1, 0.15) is 0 Å².